The molecule has 2 rings (SSSR count). The third-order valence-corrected chi connectivity index (χ3v) is 4.89. The van der Waals surface area contributed by atoms with Gasteiger partial charge in [0.15, 0.2) is 0 Å². The lowest BCUT2D eigenvalue weighted by Gasteiger charge is -2.33. The number of aromatic nitrogens is 2. The average Bonchev–Trinajstić information content (AvgIpc) is 2.92. The summed E-state index contributed by atoms with van der Waals surface area (Å²) in [6, 6.07) is 1.31. The van der Waals surface area contributed by atoms with E-state index in [0.717, 1.165) is 31.5 Å². The molecule has 4 nitrogen and oxygen atoms in total. The number of hydrogen-bond acceptors (Lipinski definition) is 3. The molecular weight excluding hydrogens is 260 g/mol. The minimum Gasteiger partial charge on any atom is -0.333 e. The van der Waals surface area contributed by atoms with Crippen molar-refractivity contribution < 1.29 is 0 Å². The first kappa shape index (κ1) is 16.5. The maximum atomic E-state index is 4.39. The van der Waals surface area contributed by atoms with Crippen molar-refractivity contribution in [2.45, 2.75) is 64.6 Å². The molecule has 4 heteroatoms. The molecule has 1 N–H and O–H groups in total. The Morgan fingerprint density at radius 1 is 1.33 bits per heavy atom. The molecule has 1 aliphatic carbocycles. The Kier molecular flexibility index (Phi) is 6.24. The Balaban J connectivity index is 1.69. The lowest BCUT2D eigenvalue weighted by atomic mass is 9.85. The number of nitrogens with one attached hydrogen (secondary N) is 1. The van der Waals surface area contributed by atoms with Crippen LogP contribution in [0.1, 0.15) is 45.4 Å². The first-order valence-electron chi connectivity index (χ1n) is 8.50. The molecule has 0 aliphatic heterocycles. The standard InChI is InChI=1S/C17H32N4/c1-5-17-18-10-11-21(17)13-14(2)19-12-15-6-8-16(9-7-15)20(3)4/h10-11,14-16,19H,5-9,12-13H2,1-4H3. The molecule has 0 aromatic carbocycles. The Bertz CT molecular complexity index is 405. The number of aryl methyl sites for hydroxylation is 1. The molecule has 1 aliphatic rings. The van der Waals surface area contributed by atoms with Gasteiger partial charge in [-0.25, -0.2) is 4.98 Å². The fraction of sp³-hybridized carbons (Fsp3) is 0.824. The summed E-state index contributed by atoms with van der Waals surface area (Å²) in [6.45, 7) is 6.64. The maximum Gasteiger partial charge on any atom is 0.108 e. The Morgan fingerprint density at radius 3 is 2.67 bits per heavy atom. The zero-order chi connectivity index (χ0) is 15.2. The summed E-state index contributed by atoms with van der Waals surface area (Å²) < 4.78 is 2.28. The fourth-order valence-corrected chi connectivity index (χ4v) is 3.41. The number of nitrogens with zero attached hydrogens (tertiary/aromatic N) is 3. The molecule has 0 saturated heterocycles. The van der Waals surface area contributed by atoms with Gasteiger partial charge in [-0.15, -0.1) is 0 Å². The second-order valence-corrected chi connectivity index (χ2v) is 6.80. The minimum atomic E-state index is 0.510. The van der Waals surface area contributed by atoms with E-state index < -0.39 is 0 Å². The van der Waals surface area contributed by atoms with Crippen LogP contribution in [0.5, 0.6) is 0 Å². The smallest absolute Gasteiger partial charge is 0.108 e. The molecule has 120 valence electrons. The highest BCUT2D eigenvalue weighted by molar-refractivity contribution is 4.92. The highest BCUT2D eigenvalue weighted by atomic mass is 15.1. The van der Waals surface area contributed by atoms with E-state index in [-0.39, 0.29) is 0 Å². The van der Waals surface area contributed by atoms with Gasteiger partial charge in [-0.2, -0.15) is 0 Å². The first-order valence-corrected chi connectivity index (χ1v) is 8.50. The molecule has 1 heterocycles. The van der Waals surface area contributed by atoms with Crippen LogP contribution in [-0.4, -0.2) is 47.2 Å². The van der Waals surface area contributed by atoms with Gasteiger partial charge in [-0.1, -0.05) is 6.92 Å². The second-order valence-electron chi connectivity index (χ2n) is 6.80. The van der Waals surface area contributed by atoms with Gasteiger partial charge in [-0.05, 0) is 59.2 Å². The number of hydrogen-bond donors (Lipinski definition) is 1. The van der Waals surface area contributed by atoms with Gasteiger partial charge in [0.05, 0.1) is 0 Å². The zero-order valence-corrected chi connectivity index (χ0v) is 14.2. The lowest BCUT2D eigenvalue weighted by molar-refractivity contribution is 0.189. The predicted molar refractivity (Wildman–Crippen MR) is 88.5 cm³/mol. The number of rotatable bonds is 7. The van der Waals surface area contributed by atoms with Crippen LogP contribution in [0.3, 0.4) is 0 Å². The normalized spacial score (nSPS) is 24.4. The lowest BCUT2D eigenvalue weighted by Crippen LogP contribution is -2.38. The molecule has 1 atom stereocenters. The van der Waals surface area contributed by atoms with Crippen molar-refractivity contribution in [1.29, 1.82) is 0 Å². The van der Waals surface area contributed by atoms with Gasteiger partial charge in [0.2, 0.25) is 0 Å². The van der Waals surface area contributed by atoms with Crippen molar-refractivity contribution in [3.05, 3.63) is 18.2 Å². The van der Waals surface area contributed by atoms with Gasteiger partial charge < -0.3 is 14.8 Å². The van der Waals surface area contributed by atoms with E-state index in [1.54, 1.807) is 0 Å². The zero-order valence-electron chi connectivity index (χ0n) is 14.2. The van der Waals surface area contributed by atoms with Crippen LogP contribution in [0.25, 0.3) is 0 Å². The van der Waals surface area contributed by atoms with E-state index in [2.05, 4.69) is 53.9 Å². The second kappa shape index (κ2) is 7.95. The Hall–Kier alpha value is -0.870. The van der Waals surface area contributed by atoms with Crippen molar-refractivity contribution >= 4 is 0 Å². The van der Waals surface area contributed by atoms with Crippen LogP contribution in [0.4, 0.5) is 0 Å². The van der Waals surface area contributed by atoms with E-state index in [1.165, 1.54) is 31.5 Å². The van der Waals surface area contributed by atoms with Crippen molar-refractivity contribution in [3.63, 3.8) is 0 Å². The Morgan fingerprint density at radius 2 is 2.05 bits per heavy atom. The van der Waals surface area contributed by atoms with Gasteiger partial charge >= 0.3 is 0 Å². The summed E-state index contributed by atoms with van der Waals surface area (Å²) in [6.07, 6.45) is 10.5. The van der Waals surface area contributed by atoms with E-state index in [1.807, 2.05) is 6.20 Å². The van der Waals surface area contributed by atoms with Crippen LogP contribution in [0.2, 0.25) is 0 Å². The van der Waals surface area contributed by atoms with Crippen LogP contribution >= 0.6 is 0 Å². The van der Waals surface area contributed by atoms with Gasteiger partial charge in [0.1, 0.15) is 5.82 Å². The molecule has 1 aromatic rings. The van der Waals surface area contributed by atoms with Crippen molar-refractivity contribution in [2.24, 2.45) is 5.92 Å². The molecule has 0 spiro atoms. The largest absolute Gasteiger partial charge is 0.333 e. The minimum absolute atomic E-state index is 0.510. The first-order chi connectivity index (χ1) is 10.1. The Labute approximate surface area is 129 Å². The van der Waals surface area contributed by atoms with Gasteiger partial charge in [0, 0.05) is 37.4 Å². The van der Waals surface area contributed by atoms with Crippen molar-refractivity contribution in [3.8, 4) is 0 Å². The highest BCUT2D eigenvalue weighted by Crippen LogP contribution is 2.26. The molecule has 1 aromatic heterocycles. The molecule has 0 radical (unpaired) electrons. The summed E-state index contributed by atoms with van der Waals surface area (Å²) >= 11 is 0. The molecule has 21 heavy (non-hydrogen) atoms. The highest BCUT2D eigenvalue weighted by Gasteiger charge is 2.22. The van der Waals surface area contributed by atoms with E-state index >= 15 is 0 Å². The summed E-state index contributed by atoms with van der Waals surface area (Å²) in [5, 5.41) is 3.72. The quantitative estimate of drug-likeness (QED) is 0.838. The SMILES string of the molecule is CCc1nccn1CC(C)NCC1CCC(N(C)C)CC1. The predicted octanol–water partition coefficient (Wildman–Crippen LogP) is 2.54. The average molecular weight is 292 g/mol. The molecule has 1 saturated carbocycles. The van der Waals surface area contributed by atoms with Gasteiger partial charge in [-0.3, -0.25) is 0 Å². The maximum absolute atomic E-state index is 4.39. The van der Waals surface area contributed by atoms with Crippen LogP contribution in [0.15, 0.2) is 12.4 Å². The summed E-state index contributed by atoms with van der Waals surface area (Å²) in [7, 11) is 4.42. The molecule has 1 fully saturated rings. The van der Waals surface area contributed by atoms with E-state index in [4.69, 9.17) is 0 Å². The van der Waals surface area contributed by atoms with Crippen molar-refractivity contribution in [2.75, 3.05) is 20.6 Å². The molecule has 0 bridgehead atoms. The van der Waals surface area contributed by atoms with Crippen LogP contribution < -0.4 is 5.32 Å². The third-order valence-electron chi connectivity index (χ3n) is 4.89. The molecule has 1 unspecified atom stereocenters. The van der Waals surface area contributed by atoms with Crippen LogP contribution in [-0.2, 0) is 13.0 Å². The summed E-state index contributed by atoms with van der Waals surface area (Å²) in [5.41, 5.74) is 0. The third kappa shape index (κ3) is 4.82. The monoisotopic (exact) mass is 292 g/mol. The molecule has 0 amide bonds. The molecular formula is C17H32N4. The summed E-state index contributed by atoms with van der Waals surface area (Å²) in [4.78, 5) is 6.78. The van der Waals surface area contributed by atoms with Crippen molar-refractivity contribution in [1.82, 2.24) is 19.8 Å². The van der Waals surface area contributed by atoms with E-state index in [0.29, 0.717) is 6.04 Å². The van der Waals surface area contributed by atoms with Crippen LogP contribution in [0, 0.1) is 5.92 Å². The number of imidazole rings is 1. The van der Waals surface area contributed by atoms with Gasteiger partial charge in [0.25, 0.3) is 0 Å². The van der Waals surface area contributed by atoms with E-state index in [9.17, 15) is 0 Å². The fourth-order valence-electron chi connectivity index (χ4n) is 3.41. The summed E-state index contributed by atoms with van der Waals surface area (Å²) in [5.74, 6) is 2.05. The topological polar surface area (TPSA) is 33.1 Å².